The molecule has 1 heterocycles. The van der Waals surface area contributed by atoms with E-state index in [1.165, 1.54) is 6.07 Å². The molecule has 1 amide bonds. The Morgan fingerprint density at radius 3 is 2.77 bits per heavy atom. The van der Waals surface area contributed by atoms with E-state index < -0.39 is 5.91 Å². The van der Waals surface area contributed by atoms with Crippen LogP contribution >= 0.6 is 11.6 Å². The smallest absolute Gasteiger partial charge is 0.256 e. The lowest BCUT2D eigenvalue weighted by molar-refractivity contribution is 0.100. The molecule has 0 saturated heterocycles. The number of nitrogens with two attached hydrogens (primary N) is 2. The predicted molar refractivity (Wildman–Crippen MR) is 102 cm³/mol. The third kappa shape index (κ3) is 3.81. The quantitative estimate of drug-likeness (QED) is 0.290. The molecule has 3 aromatic rings. The van der Waals surface area contributed by atoms with Crippen LogP contribution in [-0.2, 0) is 6.54 Å². The van der Waals surface area contributed by atoms with Crippen molar-refractivity contribution in [2.45, 2.75) is 6.54 Å². The number of phenolic OH excluding ortho intramolecular Hbond substituents is 1. The van der Waals surface area contributed by atoms with Gasteiger partial charge in [-0.2, -0.15) is 5.10 Å². The Morgan fingerprint density at radius 2 is 2.08 bits per heavy atom. The number of benzene rings is 2. The van der Waals surface area contributed by atoms with Gasteiger partial charge in [0.15, 0.2) is 5.82 Å². The molecular weight excluding hydrogens is 356 g/mol. The number of aromatic hydroxyl groups is 1. The van der Waals surface area contributed by atoms with Gasteiger partial charge in [0.2, 0.25) is 0 Å². The van der Waals surface area contributed by atoms with Crippen LogP contribution in [0.3, 0.4) is 0 Å². The molecule has 0 radical (unpaired) electrons. The van der Waals surface area contributed by atoms with Crippen molar-refractivity contribution in [3.05, 3.63) is 58.6 Å². The molecule has 0 bridgehead atoms. The number of amides is 1. The van der Waals surface area contributed by atoms with E-state index in [0.717, 1.165) is 5.56 Å². The number of anilines is 4. The third-order valence-corrected chi connectivity index (χ3v) is 3.89. The number of nitrogen functional groups attached to an aromatic ring is 1. The van der Waals surface area contributed by atoms with Crippen molar-refractivity contribution in [3.63, 3.8) is 0 Å². The van der Waals surface area contributed by atoms with Crippen LogP contribution in [-0.4, -0.2) is 21.2 Å². The summed E-state index contributed by atoms with van der Waals surface area (Å²) in [7, 11) is 0. The highest BCUT2D eigenvalue weighted by Gasteiger charge is 2.18. The molecule has 8 N–H and O–H groups in total. The number of halogens is 1. The highest BCUT2D eigenvalue weighted by Crippen LogP contribution is 2.26. The maximum Gasteiger partial charge on any atom is 0.256 e. The molecule has 9 heteroatoms. The second kappa shape index (κ2) is 7.24. The fourth-order valence-electron chi connectivity index (χ4n) is 2.41. The monoisotopic (exact) mass is 372 g/mol. The number of aromatic amines is 1. The van der Waals surface area contributed by atoms with Crippen molar-refractivity contribution in [1.82, 2.24) is 10.2 Å². The van der Waals surface area contributed by atoms with Crippen LogP contribution in [0.5, 0.6) is 5.75 Å². The van der Waals surface area contributed by atoms with Gasteiger partial charge in [-0.05, 0) is 35.9 Å². The summed E-state index contributed by atoms with van der Waals surface area (Å²) >= 11 is 5.96. The second-order valence-corrected chi connectivity index (χ2v) is 6.00. The van der Waals surface area contributed by atoms with Crippen molar-refractivity contribution in [1.29, 1.82) is 0 Å². The Balaban J connectivity index is 1.80. The number of carbonyl (C=O) groups excluding carboxylic acids is 1. The topological polar surface area (TPSA) is 142 Å². The van der Waals surface area contributed by atoms with E-state index in [9.17, 15) is 9.90 Å². The Labute approximate surface area is 154 Å². The minimum Gasteiger partial charge on any atom is -0.506 e. The maximum absolute atomic E-state index is 11.9. The summed E-state index contributed by atoms with van der Waals surface area (Å²) in [6.07, 6.45) is 0. The van der Waals surface area contributed by atoms with Gasteiger partial charge in [-0.15, -0.1) is 0 Å². The highest BCUT2D eigenvalue weighted by atomic mass is 35.5. The van der Waals surface area contributed by atoms with Gasteiger partial charge in [0.05, 0.1) is 5.69 Å². The van der Waals surface area contributed by atoms with Gasteiger partial charge < -0.3 is 27.2 Å². The fraction of sp³-hybridized carbons (Fsp3) is 0.0588. The van der Waals surface area contributed by atoms with E-state index in [-0.39, 0.29) is 17.0 Å². The van der Waals surface area contributed by atoms with E-state index in [2.05, 4.69) is 20.8 Å². The van der Waals surface area contributed by atoms with Crippen molar-refractivity contribution in [2.24, 2.45) is 5.73 Å². The third-order valence-electron chi connectivity index (χ3n) is 3.66. The largest absolute Gasteiger partial charge is 0.506 e. The second-order valence-electron chi connectivity index (χ2n) is 5.57. The zero-order chi connectivity index (χ0) is 18.7. The summed E-state index contributed by atoms with van der Waals surface area (Å²) in [4.78, 5) is 11.9. The van der Waals surface area contributed by atoms with Gasteiger partial charge in [0, 0.05) is 17.3 Å². The first kappa shape index (κ1) is 17.4. The number of primary amides is 1. The van der Waals surface area contributed by atoms with Gasteiger partial charge in [0.25, 0.3) is 5.91 Å². The lowest BCUT2D eigenvalue weighted by Crippen LogP contribution is -2.15. The number of phenols is 1. The van der Waals surface area contributed by atoms with E-state index in [4.69, 9.17) is 23.1 Å². The molecule has 0 saturated carbocycles. The summed E-state index contributed by atoms with van der Waals surface area (Å²) in [5.41, 5.74) is 13.1. The predicted octanol–water partition coefficient (Wildman–Crippen LogP) is 2.81. The molecule has 0 atom stereocenters. The van der Waals surface area contributed by atoms with Gasteiger partial charge in [-0.1, -0.05) is 23.7 Å². The number of hydrogen-bond acceptors (Lipinski definition) is 6. The molecule has 0 unspecified atom stereocenters. The lowest BCUT2D eigenvalue weighted by Gasteiger charge is -2.08. The van der Waals surface area contributed by atoms with Gasteiger partial charge in [-0.3, -0.25) is 9.89 Å². The van der Waals surface area contributed by atoms with Crippen molar-refractivity contribution >= 4 is 40.5 Å². The Hall–Kier alpha value is -3.39. The molecule has 0 spiro atoms. The van der Waals surface area contributed by atoms with Gasteiger partial charge >= 0.3 is 0 Å². The standard InChI is InChI=1S/C17H17ClN6O2/c18-10-2-1-3-11(7-10)22-17-14(15(20)26)16(23-24-17)21-8-9-4-5-13(25)12(19)6-9/h1-7,25H,8,19H2,(H2,20,26)(H3,21,22,23,24). The average molecular weight is 373 g/mol. The molecule has 2 aromatic carbocycles. The first-order chi connectivity index (χ1) is 12.4. The summed E-state index contributed by atoms with van der Waals surface area (Å²) in [6, 6.07) is 11.9. The molecule has 134 valence electrons. The highest BCUT2D eigenvalue weighted by molar-refractivity contribution is 6.30. The van der Waals surface area contributed by atoms with Crippen LogP contribution in [0, 0.1) is 0 Å². The molecule has 26 heavy (non-hydrogen) atoms. The number of rotatable bonds is 6. The summed E-state index contributed by atoms with van der Waals surface area (Å²) in [5.74, 6) is 0.0245. The number of carbonyl (C=O) groups is 1. The fourth-order valence-corrected chi connectivity index (χ4v) is 2.60. The van der Waals surface area contributed by atoms with Crippen LogP contribution < -0.4 is 22.1 Å². The van der Waals surface area contributed by atoms with E-state index >= 15 is 0 Å². The van der Waals surface area contributed by atoms with E-state index in [0.29, 0.717) is 28.9 Å². The Bertz CT molecular complexity index is 956. The minimum absolute atomic E-state index is 0.0133. The average Bonchev–Trinajstić information content (AvgIpc) is 2.99. The lowest BCUT2D eigenvalue weighted by atomic mass is 10.2. The molecule has 8 nitrogen and oxygen atoms in total. The number of H-pyrrole nitrogens is 1. The summed E-state index contributed by atoms with van der Waals surface area (Å²) in [6.45, 7) is 0.340. The van der Waals surface area contributed by atoms with Crippen molar-refractivity contribution < 1.29 is 9.90 Å². The van der Waals surface area contributed by atoms with Crippen LogP contribution in [0.1, 0.15) is 15.9 Å². The van der Waals surface area contributed by atoms with Gasteiger partial charge in [-0.25, -0.2) is 0 Å². The molecule has 0 aliphatic carbocycles. The SMILES string of the molecule is NC(=O)c1c(NCc2ccc(O)c(N)c2)n[nH]c1Nc1cccc(Cl)c1. The summed E-state index contributed by atoms with van der Waals surface area (Å²) in [5, 5.41) is 22.9. The normalized spacial score (nSPS) is 10.5. The number of aromatic nitrogens is 2. The summed E-state index contributed by atoms with van der Waals surface area (Å²) < 4.78 is 0. The number of hydrogen-bond donors (Lipinski definition) is 6. The van der Waals surface area contributed by atoms with Crippen LogP contribution in [0.4, 0.5) is 23.0 Å². The molecule has 0 aliphatic heterocycles. The molecule has 1 aromatic heterocycles. The molecular formula is C17H17ClN6O2. The molecule has 3 rings (SSSR count). The van der Waals surface area contributed by atoms with Crippen LogP contribution in [0.15, 0.2) is 42.5 Å². The zero-order valence-corrected chi connectivity index (χ0v) is 14.3. The van der Waals surface area contributed by atoms with E-state index in [1.807, 2.05) is 0 Å². The first-order valence-electron chi connectivity index (χ1n) is 7.66. The molecule has 0 fully saturated rings. The minimum atomic E-state index is -0.643. The van der Waals surface area contributed by atoms with E-state index in [1.54, 1.807) is 36.4 Å². The van der Waals surface area contributed by atoms with Gasteiger partial charge in [0.1, 0.15) is 17.1 Å². The number of nitrogens with one attached hydrogen (secondary N) is 3. The first-order valence-corrected chi connectivity index (χ1v) is 8.04. The number of nitrogens with zero attached hydrogens (tertiary/aromatic N) is 1. The Morgan fingerprint density at radius 1 is 1.27 bits per heavy atom. The van der Waals surface area contributed by atoms with Crippen LogP contribution in [0.2, 0.25) is 5.02 Å². The van der Waals surface area contributed by atoms with Crippen molar-refractivity contribution in [2.75, 3.05) is 16.4 Å². The van der Waals surface area contributed by atoms with Crippen LogP contribution in [0.25, 0.3) is 0 Å². The molecule has 0 aliphatic rings. The maximum atomic E-state index is 11.9. The Kier molecular flexibility index (Phi) is 4.85. The van der Waals surface area contributed by atoms with Crippen molar-refractivity contribution in [3.8, 4) is 5.75 Å². The zero-order valence-electron chi connectivity index (χ0n) is 13.6.